The summed E-state index contributed by atoms with van der Waals surface area (Å²) in [7, 11) is 0. The van der Waals surface area contributed by atoms with Crippen molar-refractivity contribution in [2.24, 2.45) is 5.92 Å². The minimum absolute atomic E-state index is 0.0584. The van der Waals surface area contributed by atoms with Crippen LogP contribution in [0.3, 0.4) is 0 Å². The first-order valence-corrected chi connectivity index (χ1v) is 10.8. The molecule has 3 rings (SSSR count). The molecule has 1 saturated heterocycles. The van der Waals surface area contributed by atoms with Crippen LogP contribution in [0.15, 0.2) is 42.5 Å². The fourth-order valence-electron chi connectivity index (χ4n) is 3.90. The lowest BCUT2D eigenvalue weighted by Crippen LogP contribution is -2.38. The number of nitrogens with one attached hydrogen (secondary N) is 1. The van der Waals surface area contributed by atoms with E-state index in [0.717, 1.165) is 11.1 Å². The second-order valence-corrected chi connectivity index (χ2v) is 8.25. The topological polar surface area (TPSA) is 102 Å². The number of nitro benzene ring substituents is 1. The molecule has 1 N–H and O–H groups in total. The number of rotatable bonds is 7. The van der Waals surface area contributed by atoms with Crippen LogP contribution in [-0.2, 0) is 14.3 Å². The zero-order valence-electron chi connectivity index (χ0n) is 18.7. The standard InChI is InChI=1S/C24H29N3O5/c1-16-8-9-20(14-17(16)2)18(3)25-23(28)15-32-24(29)19-10-12-26(13-11-19)21-6-4-5-7-22(21)27(30)31/h4-9,14,18-19H,10-13,15H2,1-3H3,(H,25,28). The molecule has 0 aromatic heterocycles. The molecule has 1 unspecified atom stereocenters. The minimum Gasteiger partial charge on any atom is -0.455 e. The van der Waals surface area contributed by atoms with Crippen LogP contribution in [0.2, 0.25) is 0 Å². The summed E-state index contributed by atoms with van der Waals surface area (Å²) in [6.07, 6.45) is 1.04. The first-order valence-electron chi connectivity index (χ1n) is 10.8. The molecule has 1 aliphatic rings. The lowest BCUT2D eigenvalue weighted by molar-refractivity contribution is -0.384. The Balaban J connectivity index is 1.46. The Bertz CT molecular complexity index is 999. The van der Waals surface area contributed by atoms with Crippen LogP contribution in [0.1, 0.15) is 42.5 Å². The van der Waals surface area contributed by atoms with E-state index in [1.165, 1.54) is 11.6 Å². The Kier molecular flexibility index (Phi) is 7.45. The van der Waals surface area contributed by atoms with Crippen molar-refractivity contribution in [3.63, 3.8) is 0 Å². The van der Waals surface area contributed by atoms with E-state index in [-0.39, 0.29) is 30.2 Å². The van der Waals surface area contributed by atoms with Crippen molar-refractivity contribution in [3.8, 4) is 0 Å². The maximum Gasteiger partial charge on any atom is 0.309 e. The molecule has 1 heterocycles. The number of amides is 1. The smallest absolute Gasteiger partial charge is 0.309 e. The van der Waals surface area contributed by atoms with Gasteiger partial charge in [0, 0.05) is 19.2 Å². The van der Waals surface area contributed by atoms with E-state index >= 15 is 0 Å². The first kappa shape index (κ1) is 23.2. The minimum atomic E-state index is -0.402. The van der Waals surface area contributed by atoms with Crippen molar-refractivity contribution in [2.75, 3.05) is 24.6 Å². The normalized spacial score (nSPS) is 15.2. The quantitative estimate of drug-likeness (QED) is 0.399. The molecule has 1 atom stereocenters. The maximum atomic E-state index is 12.4. The highest BCUT2D eigenvalue weighted by molar-refractivity contribution is 5.81. The molecular formula is C24H29N3O5. The Labute approximate surface area is 187 Å². The predicted molar refractivity (Wildman–Crippen MR) is 121 cm³/mol. The van der Waals surface area contributed by atoms with Gasteiger partial charge in [0.1, 0.15) is 5.69 Å². The first-order chi connectivity index (χ1) is 15.3. The summed E-state index contributed by atoms with van der Waals surface area (Å²) < 4.78 is 5.25. The van der Waals surface area contributed by atoms with Gasteiger partial charge in [0.05, 0.1) is 16.9 Å². The average molecular weight is 440 g/mol. The Hall–Kier alpha value is -3.42. The number of carbonyl (C=O) groups is 2. The molecule has 8 nitrogen and oxygen atoms in total. The van der Waals surface area contributed by atoms with E-state index in [1.807, 2.05) is 43.9 Å². The summed E-state index contributed by atoms with van der Waals surface area (Å²) >= 11 is 0. The Morgan fingerprint density at radius 1 is 1.16 bits per heavy atom. The average Bonchev–Trinajstić information content (AvgIpc) is 2.79. The largest absolute Gasteiger partial charge is 0.455 e. The Morgan fingerprint density at radius 3 is 2.50 bits per heavy atom. The Morgan fingerprint density at radius 2 is 1.84 bits per heavy atom. The van der Waals surface area contributed by atoms with Gasteiger partial charge in [-0.25, -0.2) is 0 Å². The fraction of sp³-hybridized carbons (Fsp3) is 0.417. The van der Waals surface area contributed by atoms with Crippen LogP contribution >= 0.6 is 0 Å². The van der Waals surface area contributed by atoms with Crippen LogP contribution in [-0.4, -0.2) is 36.5 Å². The van der Waals surface area contributed by atoms with Crippen molar-refractivity contribution < 1.29 is 19.2 Å². The molecule has 2 aromatic rings. The number of hydrogen-bond donors (Lipinski definition) is 1. The molecule has 0 spiro atoms. The number of piperidine rings is 1. The third-order valence-electron chi connectivity index (χ3n) is 6.00. The molecule has 32 heavy (non-hydrogen) atoms. The number of carbonyl (C=O) groups excluding carboxylic acids is 2. The zero-order valence-corrected chi connectivity index (χ0v) is 18.7. The predicted octanol–water partition coefficient (Wildman–Crippen LogP) is 3.85. The number of nitro groups is 1. The fourth-order valence-corrected chi connectivity index (χ4v) is 3.90. The van der Waals surface area contributed by atoms with E-state index in [4.69, 9.17) is 4.74 Å². The number of esters is 1. The van der Waals surface area contributed by atoms with Crippen LogP contribution in [0, 0.1) is 29.9 Å². The van der Waals surface area contributed by atoms with E-state index < -0.39 is 10.9 Å². The van der Waals surface area contributed by atoms with Crippen molar-refractivity contribution in [3.05, 3.63) is 69.3 Å². The van der Waals surface area contributed by atoms with Crippen LogP contribution < -0.4 is 10.2 Å². The van der Waals surface area contributed by atoms with Gasteiger partial charge < -0.3 is 15.0 Å². The third-order valence-corrected chi connectivity index (χ3v) is 6.00. The summed E-state index contributed by atoms with van der Waals surface area (Å²) in [4.78, 5) is 37.4. The van der Waals surface area contributed by atoms with Gasteiger partial charge in [-0.3, -0.25) is 19.7 Å². The van der Waals surface area contributed by atoms with Gasteiger partial charge in [0.15, 0.2) is 6.61 Å². The monoisotopic (exact) mass is 439 g/mol. The molecule has 1 amide bonds. The molecule has 0 aliphatic carbocycles. The van der Waals surface area contributed by atoms with Gasteiger partial charge in [-0.1, -0.05) is 30.3 Å². The van der Waals surface area contributed by atoms with Gasteiger partial charge in [0.25, 0.3) is 11.6 Å². The van der Waals surface area contributed by atoms with Crippen molar-refractivity contribution in [1.29, 1.82) is 0 Å². The van der Waals surface area contributed by atoms with Crippen molar-refractivity contribution in [2.45, 2.75) is 39.7 Å². The van der Waals surface area contributed by atoms with Crippen molar-refractivity contribution in [1.82, 2.24) is 5.32 Å². The molecular weight excluding hydrogens is 410 g/mol. The van der Waals surface area contributed by atoms with E-state index in [0.29, 0.717) is 31.6 Å². The second-order valence-electron chi connectivity index (χ2n) is 8.25. The lowest BCUT2D eigenvalue weighted by Gasteiger charge is -2.32. The number of nitrogens with zero attached hydrogens (tertiary/aromatic N) is 2. The molecule has 2 aromatic carbocycles. The van der Waals surface area contributed by atoms with Gasteiger partial charge in [-0.2, -0.15) is 0 Å². The summed E-state index contributed by atoms with van der Waals surface area (Å²) in [5.74, 6) is -1.07. The molecule has 170 valence electrons. The van der Waals surface area contributed by atoms with Gasteiger partial charge >= 0.3 is 5.97 Å². The number of anilines is 1. The highest BCUT2D eigenvalue weighted by atomic mass is 16.6. The molecule has 1 aliphatic heterocycles. The summed E-state index contributed by atoms with van der Waals surface area (Å²) in [5.41, 5.74) is 3.96. The SMILES string of the molecule is Cc1ccc(C(C)NC(=O)COC(=O)C2CCN(c3ccccc3[N+](=O)[O-])CC2)cc1C. The number of hydrogen-bond acceptors (Lipinski definition) is 6. The number of benzene rings is 2. The lowest BCUT2D eigenvalue weighted by atomic mass is 9.96. The van der Waals surface area contributed by atoms with E-state index in [9.17, 15) is 19.7 Å². The van der Waals surface area contributed by atoms with Crippen LogP contribution in [0.25, 0.3) is 0 Å². The third kappa shape index (κ3) is 5.63. The molecule has 0 saturated carbocycles. The summed E-state index contributed by atoms with van der Waals surface area (Å²) in [5, 5.41) is 14.1. The van der Waals surface area contributed by atoms with Gasteiger partial charge in [-0.15, -0.1) is 0 Å². The van der Waals surface area contributed by atoms with Crippen LogP contribution in [0.5, 0.6) is 0 Å². The number of para-hydroxylation sites is 2. The number of ether oxygens (including phenoxy) is 1. The zero-order chi connectivity index (χ0) is 23.3. The van der Waals surface area contributed by atoms with E-state index in [1.54, 1.807) is 18.2 Å². The summed E-state index contributed by atoms with van der Waals surface area (Å²) in [6.45, 7) is 6.66. The molecule has 0 bridgehead atoms. The summed E-state index contributed by atoms with van der Waals surface area (Å²) in [6, 6.07) is 12.4. The molecule has 8 heteroatoms. The van der Waals surface area contributed by atoms with Gasteiger partial charge in [-0.05, 0) is 56.4 Å². The van der Waals surface area contributed by atoms with E-state index in [2.05, 4.69) is 5.32 Å². The molecule has 1 fully saturated rings. The molecule has 0 radical (unpaired) electrons. The van der Waals surface area contributed by atoms with Crippen LogP contribution in [0.4, 0.5) is 11.4 Å². The van der Waals surface area contributed by atoms with Gasteiger partial charge in [0.2, 0.25) is 0 Å². The van der Waals surface area contributed by atoms with Crippen molar-refractivity contribution >= 4 is 23.3 Å². The maximum absolute atomic E-state index is 12.4. The highest BCUT2D eigenvalue weighted by Crippen LogP contribution is 2.31. The second kappa shape index (κ2) is 10.3. The highest BCUT2D eigenvalue weighted by Gasteiger charge is 2.29. The number of aryl methyl sites for hydroxylation is 2.